The minimum atomic E-state index is -4.48. The lowest BCUT2D eigenvalue weighted by Crippen LogP contribution is -2.47. The van der Waals surface area contributed by atoms with Crippen LogP contribution in [0.4, 0.5) is 26.7 Å². The summed E-state index contributed by atoms with van der Waals surface area (Å²) >= 11 is 0. The predicted molar refractivity (Wildman–Crippen MR) is 128 cm³/mol. The number of halogens is 5. The molecule has 0 saturated heterocycles. The number of nitrogens with one attached hydrogen (secondary N) is 2. The van der Waals surface area contributed by atoms with E-state index >= 15 is 4.39 Å². The Labute approximate surface area is 210 Å². The molecule has 0 bridgehead atoms. The summed E-state index contributed by atoms with van der Waals surface area (Å²) in [6.07, 6.45) is -4.65. The summed E-state index contributed by atoms with van der Waals surface area (Å²) < 4.78 is 78.6. The molecule has 2 atom stereocenters. The Morgan fingerprint density at radius 2 is 1.97 bits per heavy atom. The molecule has 2 heterocycles. The first-order valence-corrected chi connectivity index (χ1v) is 12.0. The molecule has 0 spiro atoms. The van der Waals surface area contributed by atoms with Crippen molar-refractivity contribution in [2.75, 3.05) is 33.0 Å². The first-order valence-electron chi connectivity index (χ1n) is 12.0. The molecule has 0 aliphatic carbocycles. The number of aromatic nitrogens is 1. The smallest absolute Gasteiger partial charge is 0.407 e. The van der Waals surface area contributed by atoms with E-state index < -0.39 is 43.4 Å². The van der Waals surface area contributed by atoms with Crippen molar-refractivity contribution in [3.05, 3.63) is 65.1 Å². The summed E-state index contributed by atoms with van der Waals surface area (Å²) in [7, 11) is 0. The van der Waals surface area contributed by atoms with E-state index in [1.54, 1.807) is 6.92 Å². The highest BCUT2D eigenvalue weighted by Gasteiger charge is 2.42. The van der Waals surface area contributed by atoms with Crippen molar-refractivity contribution in [1.29, 1.82) is 0 Å². The summed E-state index contributed by atoms with van der Waals surface area (Å²) in [5.74, 6) is -0.438. The van der Waals surface area contributed by atoms with Crippen molar-refractivity contribution in [1.82, 2.24) is 15.2 Å². The molecule has 1 aliphatic heterocycles. The third-order valence-corrected chi connectivity index (χ3v) is 6.31. The fraction of sp³-hybridized carbons (Fsp3) is 0.423. The summed E-state index contributed by atoms with van der Waals surface area (Å²) in [6.45, 7) is -0.104. The maximum absolute atomic E-state index is 15.2. The Kier molecular flexibility index (Phi) is 8.21. The van der Waals surface area contributed by atoms with Gasteiger partial charge in [0.2, 0.25) is 0 Å². The Bertz CT molecular complexity index is 1230. The van der Waals surface area contributed by atoms with E-state index in [0.717, 1.165) is 22.5 Å². The van der Waals surface area contributed by atoms with Crippen molar-refractivity contribution in [3.8, 4) is 5.75 Å². The highest BCUT2D eigenvalue weighted by Crippen LogP contribution is 2.43. The van der Waals surface area contributed by atoms with Crippen LogP contribution in [0.5, 0.6) is 5.75 Å². The zero-order valence-electron chi connectivity index (χ0n) is 20.2. The number of alkyl halides is 4. The number of rotatable bonds is 9. The second kappa shape index (κ2) is 11.4. The van der Waals surface area contributed by atoms with Crippen molar-refractivity contribution in [2.45, 2.75) is 38.0 Å². The molecule has 4 rings (SSSR count). The topological polar surface area (TPSA) is 66.6 Å². The fourth-order valence-corrected chi connectivity index (χ4v) is 4.72. The zero-order chi connectivity index (χ0) is 26.6. The zero-order valence-corrected chi connectivity index (χ0v) is 20.2. The van der Waals surface area contributed by atoms with E-state index in [0.29, 0.717) is 12.1 Å². The van der Waals surface area contributed by atoms with Gasteiger partial charge in [0.1, 0.15) is 24.8 Å². The number of alkyl carbamates (subject to hydrolysis) is 1. The lowest BCUT2D eigenvalue weighted by molar-refractivity contribution is -0.155. The molecule has 11 heteroatoms. The van der Waals surface area contributed by atoms with Gasteiger partial charge in [0.15, 0.2) is 0 Å². The van der Waals surface area contributed by atoms with Gasteiger partial charge in [0.25, 0.3) is 0 Å². The molecule has 1 amide bonds. The summed E-state index contributed by atoms with van der Waals surface area (Å²) in [5.41, 5.74) is 2.21. The highest BCUT2D eigenvalue weighted by atomic mass is 19.4. The highest BCUT2D eigenvalue weighted by molar-refractivity contribution is 5.85. The molecular formula is C26H28F5N3O3. The van der Waals surface area contributed by atoms with Gasteiger partial charge in [0, 0.05) is 34.7 Å². The second-order valence-corrected chi connectivity index (χ2v) is 8.94. The number of hydrogen-bond donors (Lipinski definition) is 2. The van der Waals surface area contributed by atoms with Gasteiger partial charge >= 0.3 is 12.3 Å². The van der Waals surface area contributed by atoms with Gasteiger partial charge in [-0.25, -0.2) is 9.18 Å². The molecule has 2 aromatic carbocycles. The third-order valence-electron chi connectivity index (χ3n) is 6.31. The van der Waals surface area contributed by atoms with E-state index in [-0.39, 0.29) is 37.5 Å². The number of fused-ring (bicyclic) bond motifs is 3. The number of nitrogens with zero attached hydrogens (tertiary/aromatic N) is 1. The fourth-order valence-electron chi connectivity index (χ4n) is 4.72. The van der Waals surface area contributed by atoms with E-state index in [2.05, 4.69) is 10.3 Å². The molecule has 1 aromatic heterocycles. The van der Waals surface area contributed by atoms with Gasteiger partial charge in [-0.2, -0.15) is 13.2 Å². The number of hydrogen-bond acceptors (Lipinski definition) is 4. The van der Waals surface area contributed by atoms with Crippen LogP contribution in [-0.4, -0.2) is 61.2 Å². The molecule has 200 valence electrons. The number of H-pyrrole nitrogens is 1. The number of carbonyl (C=O) groups is 1. The molecule has 0 saturated carbocycles. The minimum absolute atomic E-state index is 0.0472. The van der Waals surface area contributed by atoms with Gasteiger partial charge < -0.3 is 19.8 Å². The number of carbonyl (C=O) groups excluding carboxylic acids is 1. The van der Waals surface area contributed by atoms with Crippen LogP contribution in [0.25, 0.3) is 10.9 Å². The maximum atomic E-state index is 15.2. The SMILES string of the molecule is C[C@@H]1Cc2c([nH]c3ccccc23)[C@@H](c2cc(OCCOC(=O)NCCCF)ccc2F)N1CC(F)(F)F. The first-order chi connectivity index (χ1) is 17.7. The summed E-state index contributed by atoms with van der Waals surface area (Å²) in [4.78, 5) is 16.0. The molecular weight excluding hydrogens is 497 g/mol. The molecule has 1 aliphatic rings. The van der Waals surface area contributed by atoms with Crippen LogP contribution >= 0.6 is 0 Å². The Hall–Kier alpha value is -3.34. The molecule has 6 nitrogen and oxygen atoms in total. The molecule has 3 aromatic rings. The van der Waals surface area contributed by atoms with Crippen LogP contribution in [0.3, 0.4) is 0 Å². The van der Waals surface area contributed by atoms with Crippen LogP contribution < -0.4 is 10.1 Å². The monoisotopic (exact) mass is 525 g/mol. The van der Waals surface area contributed by atoms with Gasteiger partial charge in [0.05, 0.1) is 19.3 Å². The van der Waals surface area contributed by atoms with E-state index in [4.69, 9.17) is 9.47 Å². The average molecular weight is 526 g/mol. The lowest BCUT2D eigenvalue weighted by Gasteiger charge is -2.41. The van der Waals surface area contributed by atoms with Crippen LogP contribution in [0.1, 0.15) is 36.2 Å². The van der Waals surface area contributed by atoms with Crippen LogP contribution in [-0.2, 0) is 11.2 Å². The first kappa shape index (κ1) is 26.7. The Balaban J connectivity index is 1.59. The number of para-hydroxylation sites is 1. The van der Waals surface area contributed by atoms with Crippen LogP contribution in [0.2, 0.25) is 0 Å². The average Bonchev–Trinajstić information content (AvgIpc) is 3.21. The molecule has 0 unspecified atom stereocenters. The summed E-state index contributed by atoms with van der Waals surface area (Å²) in [6, 6.07) is 9.81. The van der Waals surface area contributed by atoms with Gasteiger partial charge in [-0.3, -0.25) is 9.29 Å². The van der Waals surface area contributed by atoms with Gasteiger partial charge in [-0.05, 0) is 49.6 Å². The molecule has 0 fully saturated rings. The minimum Gasteiger partial charge on any atom is -0.490 e. The maximum Gasteiger partial charge on any atom is 0.407 e. The largest absolute Gasteiger partial charge is 0.490 e. The summed E-state index contributed by atoms with van der Waals surface area (Å²) in [5, 5.41) is 3.28. The Morgan fingerprint density at radius 3 is 2.73 bits per heavy atom. The molecule has 2 N–H and O–H groups in total. The second-order valence-electron chi connectivity index (χ2n) is 8.94. The number of aromatic amines is 1. The van der Waals surface area contributed by atoms with Crippen LogP contribution in [0.15, 0.2) is 42.5 Å². The van der Waals surface area contributed by atoms with Crippen molar-refractivity contribution in [2.24, 2.45) is 0 Å². The standard InChI is InChI=1S/C26H28F5N3O3/c1-16-13-19-18-5-2-3-6-22(18)33-23(19)24(34(16)15-26(29,30)31)20-14-17(7-8-21(20)28)36-11-12-37-25(35)32-10-4-9-27/h2-3,5-8,14,16,24,33H,4,9-13,15H2,1H3,(H,32,35)/t16-,24-/m1/s1. The quantitative estimate of drug-likeness (QED) is 0.279. The van der Waals surface area contributed by atoms with E-state index in [1.165, 1.54) is 17.0 Å². The Morgan fingerprint density at radius 1 is 1.19 bits per heavy atom. The third kappa shape index (κ3) is 6.33. The van der Waals surface area contributed by atoms with E-state index in [1.807, 2.05) is 24.3 Å². The van der Waals surface area contributed by atoms with Crippen molar-refractivity contribution < 1.29 is 36.2 Å². The van der Waals surface area contributed by atoms with Crippen LogP contribution in [0, 0.1) is 5.82 Å². The van der Waals surface area contributed by atoms with Crippen molar-refractivity contribution >= 4 is 17.0 Å². The number of ether oxygens (including phenoxy) is 2. The van der Waals surface area contributed by atoms with Crippen molar-refractivity contribution in [3.63, 3.8) is 0 Å². The lowest BCUT2D eigenvalue weighted by atomic mass is 9.88. The molecule has 0 radical (unpaired) electrons. The number of benzene rings is 2. The molecule has 37 heavy (non-hydrogen) atoms. The van der Waals surface area contributed by atoms with Gasteiger partial charge in [-0.1, -0.05) is 18.2 Å². The van der Waals surface area contributed by atoms with E-state index in [9.17, 15) is 22.4 Å². The number of amides is 1. The predicted octanol–water partition coefficient (Wildman–Crippen LogP) is 5.67. The van der Waals surface area contributed by atoms with Gasteiger partial charge in [-0.15, -0.1) is 0 Å². The normalized spacial score (nSPS) is 18.0.